The van der Waals surface area contributed by atoms with E-state index in [9.17, 15) is 0 Å². The Labute approximate surface area is 122 Å². The summed E-state index contributed by atoms with van der Waals surface area (Å²) in [5.74, 6) is 1.14. The molecule has 0 radical (unpaired) electrons. The van der Waals surface area contributed by atoms with Gasteiger partial charge in [-0.05, 0) is 37.1 Å². The van der Waals surface area contributed by atoms with Gasteiger partial charge >= 0.3 is 0 Å². The van der Waals surface area contributed by atoms with E-state index in [-0.39, 0.29) is 5.41 Å². The molecule has 1 rings (SSSR count). The van der Waals surface area contributed by atoms with E-state index in [1.54, 1.807) is 0 Å². The second-order valence-electron chi connectivity index (χ2n) is 5.81. The van der Waals surface area contributed by atoms with Gasteiger partial charge in [-0.1, -0.05) is 39.0 Å². The molecule has 0 aliphatic heterocycles. The second-order valence-corrected chi connectivity index (χ2v) is 6.97. The minimum Gasteiger partial charge on any atom is -0.330 e. The van der Waals surface area contributed by atoms with E-state index in [4.69, 9.17) is 5.73 Å². The van der Waals surface area contributed by atoms with E-state index < -0.39 is 0 Å². The topological polar surface area (TPSA) is 29.3 Å². The highest BCUT2D eigenvalue weighted by Gasteiger charge is 2.19. The summed E-state index contributed by atoms with van der Waals surface area (Å²) in [4.78, 5) is 3.90. The fraction of sp³-hybridized carbons (Fsp3) is 0.625. The average molecular weight is 280 g/mol. The Kier molecular flexibility index (Phi) is 7.51. The van der Waals surface area contributed by atoms with Gasteiger partial charge < -0.3 is 10.6 Å². The summed E-state index contributed by atoms with van der Waals surface area (Å²) in [6, 6.07) is 10.6. The van der Waals surface area contributed by atoms with Crippen LogP contribution in [0.3, 0.4) is 0 Å². The first kappa shape index (κ1) is 16.5. The van der Waals surface area contributed by atoms with Gasteiger partial charge in [0.1, 0.15) is 0 Å². The first-order valence-electron chi connectivity index (χ1n) is 7.17. The Morgan fingerprint density at radius 3 is 2.42 bits per heavy atom. The molecule has 1 aromatic rings. The minimum atomic E-state index is 0.215. The summed E-state index contributed by atoms with van der Waals surface area (Å²) in [5.41, 5.74) is 6.05. The van der Waals surface area contributed by atoms with Gasteiger partial charge in [0.05, 0.1) is 0 Å². The molecule has 0 fully saturated rings. The Morgan fingerprint density at radius 2 is 1.84 bits per heavy atom. The third-order valence-corrected chi connectivity index (χ3v) is 4.16. The van der Waals surface area contributed by atoms with Crippen LogP contribution in [0.1, 0.15) is 27.2 Å². The zero-order chi connectivity index (χ0) is 14.1. The predicted octanol–water partition coefficient (Wildman–Crippen LogP) is 3.48. The van der Waals surface area contributed by atoms with Crippen LogP contribution in [-0.4, -0.2) is 36.8 Å². The molecule has 0 saturated carbocycles. The maximum atomic E-state index is 5.84. The molecule has 3 heteroatoms. The van der Waals surface area contributed by atoms with Crippen molar-refractivity contribution in [1.29, 1.82) is 0 Å². The largest absolute Gasteiger partial charge is 0.330 e. The van der Waals surface area contributed by atoms with E-state index in [0.29, 0.717) is 0 Å². The van der Waals surface area contributed by atoms with E-state index in [0.717, 1.165) is 25.4 Å². The molecule has 0 aliphatic carbocycles. The number of benzene rings is 1. The van der Waals surface area contributed by atoms with Gasteiger partial charge in [0.2, 0.25) is 0 Å². The number of hydrogen-bond donors (Lipinski definition) is 1. The summed E-state index contributed by atoms with van der Waals surface area (Å²) in [6.07, 6.45) is 1.21. The standard InChI is InChI=1S/C16H28N2S/c1-4-10-18(14-16(2,3)13-17)11-12-19-15-8-6-5-7-9-15/h5-9H,4,10-14,17H2,1-3H3. The van der Waals surface area contributed by atoms with Crippen LogP contribution in [0.5, 0.6) is 0 Å². The summed E-state index contributed by atoms with van der Waals surface area (Å²) in [5, 5.41) is 0. The van der Waals surface area contributed by atoms with Crippen molar-refractivity contribution in [3.05, 3.63) is 30.3 Å². The van der Waals surface area contributed by atoms with Crippen molar-refractivity contribution in [3.63, 3.8) is 0 Å². The van der Waals surface area contributed by atoms with Gasteiger partial charge in [-0.2, -0.15) is 0 Å². The minimum absolute atomic E-state index is 0.215. The van der Waals surface area contributed by atoms with Gasteiger partial charge in [0.25, 0.3) is 0 Å². The number of hydrogen-bond acceptors (Lipinski definition) is 3. The van der Waals surface area contributed by atoms with Crippen molar-refractivity contribution in [2.45, 2.75) is 32.1 Å². The van der Waals surface area contributed by atoms with Gasteiger partial charge in [-0.25, -0.2) is 0 Å². The molecule has 19 heavy (non-hydrogen) atoms. The van der Waals surface area contributed by atoms with E-state index in [2.05, 4.69) is 56.0 Å². The number of thioether (sulfide) groups is 1. The van der Waals surface area contributed by atoms with Crippen molar-refractivity contribution in [1.82, 2.24) is 4.90 Å². The molecular weight excluding hydrogens is 252 g/mol. The lowest BCUT2D eigenvalue weighted by Gasteiger charge is -2.31. The van der Waals surface area contributed by atoms with Gasteiger partial charge in [0.15, 0.2) is 0 Å². The van der Waals surface area contributed by atoms with Crippen LogP contribution >= 0.6 is 11.8 Å². The smallest absolute Gasteiger partial charge is 0.0108 e. The zero-order valence-electron chi connectivity index (χ0n) is 12.6. The highest BCUT2D eigenvalue weighted by molar-refractivity contribution is 7.99. The first-order valence-corrected chi connectivity index (χ1v) is 8.16. The van der Waals surface area contributed by atoms with Gasteiger partial charge in [-0.3, -0.25) is 0 Å². The third-order valence-electron chi connectivity index (χ3n) is 3.16. The maximum Gasteiger partial charge on any atom is 0.0108 e. The molecule has 108 valence electrons. The Hall–Kier alpha value is -0.510. The van der Waals surface area contributed by atoms with Crippen molar-refractivity contribution < 1.29 is 0 Å². The van der Waals surface area contributed by atoms with Crippen LogP contribution in [0.2, 0.25) is 0 Å². The van der Waals surface area contributed by atoms with Crippen LogP contribution in [-0.2, 0) is 0 Å². The van der Waals surface area contributed by atoms with Crippen molar-refractivity contribution >= 4 is 11.8 Å². The Morgan fingerprint density at radius 1 is 1.16 bits per heavy atom. The normalized spacial score (nSPS) is 12.1. The molecule has 0 aliphatic rings. The highest BCUT2D eigenvalue weighted by Crippen LogP contribution is 2.19. The molecule has 0 spiro atoms. The molecule has 0 atom stereocenters. The van der Waals surface area contributed by atoms with Crippen molar-refractivity contribution in [2.24, 2.45) is 11.1 Å². The third kappa shape index (κ3) is 7.00. The fourth-order valence-electron chi connectivity index (χ4n) is 2.07. The molecule has 0 aromatic heterocycles. The molecule has 0 bridgehead atoms. The second kappa shape index (κ2) is 8.62. The molecule has 0 unspecified atom stereocenters. The number of nitrogens with zero attached hydrogens (tertiary/aromatic N) is 1. The lowest BCUT2D eigenvalue weighted by Crippen LogP contribution is -2.40. The number of rotatable bonds is 9. The first-order chi connectivity index (χ1) is 9.07. The van der Waals surface area contributed by atoms with Crippen LogP contribution in [0.4, 0.5) is 0 Å². The molecule has 2 N–H and O–H groups in total. The molecule has 0 heterocycles. The van der Waals surface area contributed by atoms with E-state index >= 15 is 0 Å². The fourth-order valence-corrected chi connectivity index (χ4v) is 3.00. The van der Waals surface area contributed by atoms with Crippen LogP contribution in [0, 0.1) is 5.41 Å². The van der Waals surface area contributed by atoms with Crippen LogP contribution < -0.4 is 5.73 Å². The Balaban J connectivity index is 2.37. The molecule has 0 saturated heterocycles. The van der Waals surface area contributed by atoms with Crippen molar-refractivity contribution in [3.8, 4) is 0 Å². The van der Waals surface area contributed by atoms with Gasteiger partial charge in [-0.15, -0.1) is 11.8 Å². The summed E-state index contributed by atoms with van der Waals surface area (Å²) >= 11 is 1.94. The highest BCUT2D eigenvalue weighted by atomic mass is 32.2. The average Bonchev–Trinajstić information content (AvgIpc) is 2.40. The summed E-state index contributed by atoms with van der Waals surface area (Å²) < 4.78 is 0. The van der Waals surface area contributed by atoms with Crippen molar-refractivity contribution in [2.75, 3.05) is 31.9 Å². The lowest BCUT2D eigenvalue weighted by atomic mass is 9.93. The van der Waals surface area contributed by atoms with Gasteiger partial charge in [0, 0.05) is 23.7 Å². The number of nitrogens with two attached hydrogens (primary N) is 1. The molecule has 2 nitrogen and oxygen atoms in total. The molecule has 0 amide bonds. The van der Waals surface area contributed by atoms with Crippen LogP contribution in [0.15, 0.2) is 35.2 Å². The summed E-state index contributed by atoms with van der Waals surface area (Å²) in [7, 11) is 0. The lowest BCUT2D eigenvalue weighted by molar-refractivity contribution is 0.192. The zero-order valence-corrected chi connectivity index (χ0v) is 13.4. The predicted molar refractivity (Wildman–Crippen MR) is 86.7 cm³/mol. The SMILES string of the molecule is CCCN(CCSc1ccccc1)CC(C)(C)CN. The molecule has 1 aromatic carbocycles. The van der Waals surface area contributed by atoms with E-state index in [1.807, 2.05) is 11.8 Å². The summed E-state index contributed by atoms with van der Waals surface area (Å²) in [6.45, 7) is 10.9. The quantitative estimate of drug-likeness (QED) is 0.702. The van der Waals surface area contributed by atoms with E-state index in [1.165, 1.54) is 17.9 Å². The van der Waals surface area contributed by atoms with Crippen LogP contribution in [0.25, 0.3) is 0 Å². The Bertz CT molecular complexity index is 338. The molecular formula is C16H28N2S. The maximum absolute atomic E-state index is 5.84. The monoisotopic (exact) mass is 280 g/mol.